The second-order valence-corrected chi connectivity index (χ2v) is 7.44. The van der Waals surface area contributed by atoms with Gasteiger partial charge in [-0.25, -0.2) is 0 Å². The third kappa shape index (κ3) is 3.40. The highest BCUT2D eigenvalue weighted by Crippen LogP contribution is 2.37. The molecule has 5 nitrogen and oxygen atoms in total. The van der Waals surface area contributed by atoms with E-state index in [1.165, 1.54) is 34.9 Å². The van der Waals surface area contributed by atoms with Crippen LogP contribution in [0.2, 0.25) is 0 Å². The van der Waals surface area contributed by atoms with Crippen LogP contribution >= 0.6 is 39.9 Å². The molecule has 120 valence electrons. The number of benzene rings is 2. The van der Waals surface area contributed by atoms with E-state index >= 15 is 0 Å². The maximum atomic E-state index is 12.6. The minimum absolute atomic E-state index is 0.0848. The number of thioether (sulfide) groups is 1. The van der Waals surface area contributed by atoms with Crippen molar-refractivity contribution < 1.29 is 9.72 Å². The largest absolute Gasteiger partial charge is 0.271 e. The Bertz CT molecular complexity index is 881. The summed E-state index contributed by atoms with van der Waals surface area (Å²) in [6.07, 6.45) is 1.75. The van der Waals surface area contributed by atoms with Crippen LogP contribution in [0.1, 0.15) is 5.56 Å². The first-order valence-electron chi connectivity index (χ1n) is 6.74. The zero-order valence-electron chi connectivity index (χ0n) is 12.0. The van der Waals surface area contributed by atoms with E-state index in [4.69, 9.17) is 12.2 Å². The molecular weight excluding hydrogens is 412 g/mol. The van der Waals surface area contributed by atoms with E-state index in [-0.39, 0.29) is 11.6 Å². The van der Waals surface area contributed by atoms with Crippen molar-refractivity contribution in [3.05, 3.63) is 73.6 Å². The molecule has 0 bridgehead atoms. The maximum absolute atomic E-state index is 12.6. The molecule has 1 heterocycles. The molecule has 1 amide bonds. The molecule has 0 aliphatic carbocycles. The molecule has 1 aliphatic rings. The molecule has 0 saturated carbocycles. The molecule has 0 N–H and O–H groups in total. The average Bonchev–Trinajstić information content (AvgIpc) is 2.83. The van der Waals surface area contributed by atoms with Crippen molar-refractivity contribution >= 4 is 67.6 Å². The van der Waals surface area contributed by atoms with Gasteiger partial charge in [0.15, 0.2) is 4.32 Å². The number of carbonyl (C=O) groups is 1. The van der Waals surface area contributed by atoms with E-state index < -0.39 is 4.92 Å². The number of amides is 1. The van der Waals surface area contributed by atoms with Gasteiger partial charge < -0.3 is 0 Å². The first-order chi connectivity index (χ1) is 11.5. The first kappa shape index (κ1) is 16.8. The lowest BCUT2D eigenvalue weighted by atomic mass is 10.2. The molecular formula is C16H9BrN2O3S2. The summed E-state index contributed by atoms with van der Waals surface area (Å²) in [7, 11) is 0. The molecule has 2 aromatic carbocycles. The van der Waals surface area contributed by atoms with Gasteiger partial charge in [-0.2, -0.15) is 0 Å². The Kier molecular flexibility index (Phi) is 4.79. The third-order valence-electron chi connectivity index (χ3n) is 3.26. The van der Waals surface area contributed by atoms with Gasteiger partial charge in [-0.3, -0.25) is 19.8 Å². The Hall–Kier alpha value is -2.03. The molecule has 3 rings (SSSR count). The summed E-state index contributed by atoms with van der Waals surface area (Å²) in [5.41, 5.74) is 1.18. The zero-order chi connectivity index (χ0) is 17.3. The minimum atomic E-state index is -0.501. The smallest absolute Gasteiger partial charge is 0.268 e. The van der Waals surface area contributed by atoms with Crippen molar-refractivity contribution in [1.29, 1.82) is 0 Å². The Morgan fingerprint density at radius 3 is 2.58 bits per heavy atom. The average molecular weight is 421 g/mol. The Labute approximate surface area is 155 Å². The standard InChI is InChI=1S/C16H9BrN2O3S2/c17-11-6-4-10(5-7-11)8-14-15(20)18(16(23)24-14)12-2-1-3-13(9-12)19(21)22/h1-9H/b14-8-. The lowest BCUT2D eigenvalue weighted by Crippen LogP contribution is -2.27. The monoisotopic (exact) mass is 420 g/mol. The highest BCUT2D eigenvalue weighted by atomic mass is 79.9. The lowest BCUT2D eigenvalue weighted by molar-refractivity contribution is -0.384. The molecule has 0 spiro atoms. The van der Waals surface area contributed by atoms with Crippen LogP contribution in [0.3, 0.4) is 0 Å². The number of thiocarbonyl (C=S) groups is 1. The minimum Gasteiger partial charge on any atom is -0.268 e. The van der Waals surface area contributed by atoms with Gasteiger partial charge >= 0.3 is 0 Å². The van der Waals surface area contributed by atoms with Crippen LogP contribution in [0.15, 0.2) is 57.9 Å². The fourth-order valence-corrected chi connectivity index (χ4v) is 3.71. The first-order valence-corrected chi connectivity index (χ1v) is 8.75. The van der Waals surface area contributed by atoms with E-state index in [0.29, 0.717) is 14.9 Å². The fourth-order valence-electron chi connectivity index (χ4n) is 2.15. The van der Waals surface area contributed by atoms with E-state index in [1.807, 2.05) is 24.3 Å². The number of hydrogen-bond donors (Lipinski definition) is 0. The fraction of sp³-hybridized carbons (Fsp3) is 0. The highest BCUT2D eigenvalue weighted by Gasteiger charge is 2.33. The van der Waals surface area contributed by atoms with E-state index in [2.05, 4.69) is 15.9 Å². The van der Waals surface area contributed by atoms with Crippen molar-refractivity contribution in [2.45, 2.75) is 0 Å². The normalized spacial score (nSPS) is 16.0. The van der Waals surface area contributed by atoms with Crippen LogP contribution in [0, 0.1) is 10.1 Å². The van der Waals surface area contributed by atoms with Gasteiger partial charge in [0, 0.05) is 16.6 Å². The lowest BCUT2D eigenvalue weighted by Gasteiger charge is -2.13. The number of nitro groups is 1. The molecule has 0 radical (unpaired) electrons. The quantitative estimate of drug-likeness (QED) is 0.309. The molecule has 1 aliphatic heterocycles. The van der Waals surface area contributed by atoms with Crippen LogP contribution in [0.4, 0.5) is 11.4 Å². The molecule has 1 saturated heterocycles. The van der Waals surface area contributed by atoms with E-state index in [1.54, 1.807) is 12.1 Å². The Morgan fingerprint density at radius 1 is 1.21 bits per heavy atom. The molecule has 0 aromatic heterocycles. The summed E-state index contributed by atoms with van der Waals surface area (Å²) in [5, 5.41) is 10.9. The SMILES string of the molecule is O=C1/C(=C/c2ccc(Br)cc2)SC(=S)N1c1cccc([N+](=O)[O-])c1. The van der Waals surface area contributed by atoms with Crippen molar-refractivity contribution in [1.82, 2.24) is 0 Å². The van der Waals surface area contributed by atoms with Crippen LogP contribution in [-0.2, 0) is 4.79 Å². The van der Waals surface area contributed by atoms with Gasteiger partial charge in [0.05, 0.1) is 15.5 Å². The molecule has 8 heteroatoms. The third-order valence-corrected chi connectivity index (χ3v) is 5.09. The topological polar surface area (TPSA) is 63.5 Å². The predicted molar refractivity (Wildman–Crippen MR) is 103 cm³/mol. The second-order valence-electron chi connectivity index (χ2n) is 4.85. The summed E-state index contributed by atoms with van der Waals surface area (Å²) >= 11 is 9.81. The number of non-ortho nitro benzene ring substituents is 1. The summed E-state index contributed by atoms with van der Waals surface area (Å²) in [5.74, 6) is -0.284. The molecule has 0 unspecified atom stereocenters. The number of anilines is 1. The Morgan fingerprint density at radius 2 is 1.92 bits per heavy atom. The number of rotatable bonds is 3. The zero-order valence-corrected chi connectivity index (χ0v) is 15.2. The van der Waals surface area contributed by atoms with Gasteiger partial charge in [0.2, 0.25) is 0 Å². The summed E-state index contributed by atoms with van der Waals surface area (Å²) < 4.78 is 1.30. The van der Waals surface area contributed by atoms with Crippen molar-refractivity contribution in [2.75, 3.05) is 4.90 Å². The second kappa shape index (κ2) is 6.84. The van der Waals surface area contributed by atoms with Crippen molar-refractivity contribution in [3.63, 3.8) is 0 Å². The number of halogens is 1. The Balaban J connectivity index is 1.93. The van der Waals surface area contributed by atoms with E-state index in [0.717, 1.165) is 10.0 Å². The predicted octanol–water partition coefficient (Wildman–Crippen LogP) is 4.76. The highest BCUT2D eigenvalue weighted by molar-refractivity contribution is 9.10. The van der Waals surface area contributed by atoms with Crippen molar-refractivity contribution in [2.24, 2.45) is 0 Å². The molecule has 2 aromatic rings. The number of nitro benzene ring substituents is 1. The van der Waals surface area contributed by atoms with Gasteiger partial charge in [0.25, 0.3) is 11.6 Å². The van der Waals surface area contributed by atoms with Crippen LogP contribution < -0.4 is 4.90 Å². The molecule has 0 atom stereocenters. The van der Waals surface area contributed by atoms with E-state index in [9.17, 15) is 14.9 Å². The molecule has 24 heavy (non-hydrogen) atoms. The molecule has 1 fully saturated rings. The van der Waals surface area contributed by atoms with Gasteiger partial charge in [0.1, 0.15) is 0 Å². The number of carbonyl (C=O) groups excluding carboxylic acids is 1. The summed E-state index contributed by atoms with van der Waals surface area (Å²) in [6.45, 7) is 0. The van der Waals surface area contributed by atoms with Crippen LogP contribution in [-0.4, -0.2) is 15.2 Å². The number of nitrogens with zero attached hydrogens (tertiary/aromatic N) is 2. The van der Waals surface area contributed by atoms with Gasteiger partial charge in [-0.1, -0.05) is 58.1 Å². The van der Waals surface area contributed by atoms with Gasteiger partial charge in [-0.15, -0.1) is 0 Å². The van der Waals surface area contributed by atoms with Crippen LogP contribution in [0.25, 0.3) is 6.08 Å². The summed E-state index contributed by atoms with van der Waals surface area (Å²) in [6, 6.07) is 13.4. The summed E-state index contributed by atoms with van der Waals surface area (Å²) in [4.78, 5) is 24.8. The van der Waals surface area contributed by atoms with Gasteiger partial charge in [-0.05, 0) is 29.8 Å². The van der Waals surface area contributed by atoms with Crippen LogP contribution in [0.5, 0.6) is 0 Å². The van der Waals surface area contributed by atoms with Crippen molar-refractivity contribution in [3.8, 4) is 0 Å². The number of hydrogen-bond acceptors (Lipinski definition) is 5. The maximum Gasteiger partial charge on any atom is 0.271 e.